The topological polar surface area (TPSA) is 75.6 Å². The fraction of sp³-hybridized carbons (Fsp3) is 0.176. The van der Waals surface area contributed by atoms with Crippen molar-refractivity contribution in [3.05, 3.63) is 65.2 Å². The van der Waals surface area contributed by atoms with Crippen molar-refractivity contribution >= 4 is 11.9 Å². The minimum atomic E-state index is -0.963. The Labute approximate surface area is 127 Å². The molecule has 0 spiro atoms. The number of amides is 1. The van der Waals surface area contributed by atoms with Gasteiger partial charge in [-0.3, -0.25) is 4.79 Å². The van der Waals surface area contributed by atoms with Gasteiger partial charge < -0.3 is 15.2 Å². The van der Waals surface area contributed by atoms with Crippen LogP contribution in [-0.4, -0.2) is 23.6 Å². The highest BCUT2D eigenvalue weighted by atomic mass is 16.5. The lowest BCUT2D eigenvalue weighted by molar-refractivity contribution is -0.122. The van der Waals surface area contributed by atoms with E-state index in [0.29, 0.717) is 13.2 Å². The molecule has 0 saturated carbocycles. The zero-order chi connectivity index (χ0) is 15.5. The Morgan fingerprint density at radius 3 is 2.59 bits per heavy atom. The molecule has 2 aromatic rings. The summed E-state index contributed by atoms with van der Waals surface area (Å²) in [7, 11) is 0. The average Bonchev–Trinajstić information content (AvgIpc) is 2.97. The second-order valence-corrected chi connectivity index (χ2v) is 5.12. The van der Waals surface area contributed by atoms with Crippen LogP contribution in [0.3, 0.4) is 0 Å². The molecule has 3 rings (SSSR count). The molecule has 112 valence electrons. The van der Waals surface area contributed by atoms with Crippen molar-refractivity contribution in [2.45, 2.75) is 12.5 Å². The van der Waals surface area contributed by atoms with Gasteiger partial charge in [-0.2, -0.15) is 0 Å². The van der Waals surface area contributed by atoms with E-state index in [1.54, 1.807) is 12.1 Å². The molecule has 1 aliphatic heterocycles. The van der Waals surface area contributed by atoms with Gasteiger partial charge in [0.25, 0.3) is 0 Å². The first-order valence-corrected chi connectivity index (χ1v) is 6.97. The summed E-state index contributed by atoms with van der Waals surface area (Å²) in [4.78, 5) is 23.1. The second kappa shape index (κ2) is 5.89. The number of carboxylic acids is 1. The van der Waals surface area contributed by atoms with Crippen molar-refractivity contribution in [1.29, 1.82) is 0 Å². The van der Waals surface area contributed by atoms with Crippen molar-refractivity contribution in [2.24, 2.45) is 0 Å². The molecule has 22 heavy (non-hydrogen) atoms. The molecule has 0 saturated heterocycles. The van der Waals surface area contributed by atoms with Crippen molar-refractivity contribution < 1.29 is 19.4 Å². The summed E-state index contributed by atoms with van der Waals surface area (Å²) < 4.78 is 5.50. The maximum Gasteiger partial charge on any atom is 0.335 e. The van der Waals surface area contributed by atoms with Crippen molar-refractivity contribution in [3.63, 3.8) is 0 Å². The minimum Gasteiger partial charge on any atom is -0.492 e. The molecule has 0 aliphatic carbocycles. The molecule has 2 aromatic carbocycles. The molecule has 0 aromatic heterocycles. The summed E-state index contributed by atoms with van der Waals surface area (Å²) in [6, 6.07) is 14.0. The van der Waals surface area contributed by atoms with Gasteiger partial charge in [0, 0.05) is 12.1 Å². The SMILES string of the molecule is O=C(O)c1ccc(CNC(=O)[C@@H]2COc3ccccc32)cc1. The number of carbonyl (C=O) groups is 2. The van der Waals surface area contributed by atoms with Crippen LogP contribution < -0.4 is 10.1 Å². The van der Waals surface area contributed by atoms with E-state index >= 15 is 0 Å². The standard InChI is InChI=1S/C17H15NO4/c19-16(14-10-22-15-4-2-1-3-13(14)15)18-9-11-5-7-12(8-6-11)17(20)21/h1-8,14H,9-10H2,(H,18,19)(H,20,21)/t14-/m1/s1. The Balaban J connectivity index is 1.62. The van der Waals surface area contributed by atoms with E-state index in [1.165, 1.54) is 12.1 Å². The third-order valence-corrected chi connectivity index (χ3v) is 3.68. The van der Waals surface area contributed by atoms with E-state index < -0.39 is 5.97 Å². The summed E-state index contributed by atoms with van der Waals surface area (Å²) in [6.45, 7) is 0.709. The van der Waals surface area contributed by atoms with Gasteiger partial charge in [0.05, 0.1) is 5.56 Å². The van der Waals surface area contributed by atoms with Gasteiger partial charge in [-0.05, 0) is 23.8 Å². The van der Waals surface area contributed by atoms with Crippen LogP contribution in [0.15, 0.2) is 48.5 Å². The number of hydrogen-bond donors (Lipinski definition) is 2. The van der Waals surface area contributed by atoms with Gasteiger partial charge in [0.15, 0.2) is 0 Å². The van der Waals surface area contributed by atoms with Crippen LogP contribution in [0, 0.1) is 0 Å². The Bertz CT molecular complexity index is 709. The molecule has 5 nitrogen and oxygen atoms in total. The van der Waals surface area contributed by atoms with Crippen LogP contribution in [0.5, 0.6) is 5.75 Å². The molecular formula is C17H15NO4. The molecule has 0 unspecified atom stereocenters. The van der Waals surface area contributed by atoms with Gasteiger partial charge in [0.2, 0.25) is 5.91 Å². The monoisotopic (exact) mass is 297 g/mol. The first-order chi connectivity index (χ1) is 10.6. The van der Waals surface area contributed by atoms with Gasteiger partial charge in [0.1, 0.15) is 18.3 Å². The Morgan fingerprint density at radius 2 is 1.86 bits per heavy atom. The summed E-state index contributed by atoms with van der Waals surface area (Å²) in [5.41, 5.74) is 1.99. The normalized spacial score (nSPS) is 15.7. The number of aromatic carboxylic acids is 1. The highest BCUT2D eigenvalue weighted by molar-refractivity contribution is 5.87. The van der Waals surface area contributed by atoms with E-state index in [2.05, 4.69) is 5.32 Å². The molecule has 2 N–H and O–H groups in total. The van der Waals surface area contributed by atoms with Crippen molar-refractivity contribution in [1.82, 2.24) is 5.32 Å². The third-order valence-electron chi connectivity index (χ3n) is 3.68. The lowest BCUT2D eigenvalue weighted by Crippen LogP contribution is -2.29. The Kier molecular flexibility index (Phi) is 3.78. The number of ether oxygens (including phenoxy) is 1. The zero-order valence-corrected chi connectivity index (χ0v) is 11.8. The number of rotatable bonds is 4. The number of benzene rings is 2. The zero-order valence-electron chi connectivity index (χ0n) is 11.8. The summed E-state index contributed by atoms with van der Waals surface area (Å²) >= 11 is 0. The van der Waals surface area contributed by atoms with Gasteiger partial charge in [-0.15, -0.1) is 0 Å². The molecule has 0 bridgehead atoms. The summed E-state index contributed by atoms with van der Waals surface area (Å²) in [6.07, 6.45) is 0. The van der Waals surface area contributed by atoms with Gasteiger partial charge in [-0.25, -0.2) is 4.79 Å². The van der Waals surface area contributed by atoms with Crippen LogP contribution in [0.1, 0.15) is 27.4 Å². The first kappa shape index (κ1) is 14.1. The average molecular weight is 297 g/mol. The maximum absolute atomic E-state index is 12.3. The van der Waals surface area contributed by atoms with E-state index in [-0.39, 0.29) is 17.4 Å². The maximum atomic E-state index is 12.3. The highest BCUT2D eigenvalue weighted by Gasteiger charge is 2.29. The van der Waals surface area contributed by atoms with Crippen LogP contribution in [0.2, 0.25) is 0 Å². The van der Waals surface area contributed by atoms with Crippen LogP contribution in [0.4, 0.5) is 0 Å². The molecular weight excluding hydrogens is 282 g/mol. The van der Waals surface area contributed by atoms with Crippen molar-refractivity contribution in [3.8, 4) is 5.75 Å². The van der Waals surface area contributed by atoms with E-state index in [1.807, 2.05) is 24.3 Å². The number of carbonyl (C=O) groups excluding carboxylic acids is 1. The molecule has 1 aliphatic rings. The predicted octanol–water partition coefficient (Wildman–Crippen LogP) is 2.18. The molecule has 1 atom stereocenters. The lowest BCUT2D eigenvalue weighted by Gasteiger charge is -2.10. The first-order valence-electron chi connectivity index (χ1n) is 6.97. The molecule has 1 amide bonds. The van der Waals surface area contributed by atoms with Crippen molar-refractivity contribution in [2.75, 3.05) is 6.61 Å². The highest BCUT2D eigenvalue weighted by Crippen LogP contribution is 2.33. The number of fused-ring (bicyclic) bond motifs is 1. The van der Waals surface area contributed by atoms with Gasteiger partial charge >= 0.3 is 5.97 Å². The number of hydrogen-bond acceptors (Lipinski definition) is 3. The number of carboxylic acid groups (broad SMARTS) is 1. The summed E-state index contributed by atoms with van der Waals surface area (Å²) in [5.74, 6) is -0.592. The third kappa shape index (κ3) is 2.79. The smallest absolute Gasteiger partial charge is 0.335 e. The van der Waals surface area contributed by atoms with Gasteiger partial charge in [-0.1, -0.05) is 30.3 Å². The fourth-order valence-electron chi connectivity index (χ4n) is 2.46. The number of nitrogens with one attached hydrogen (secondary N) is 1. The summed E-state index contributed by atoms with van der Waals surface area (Å²) in [5, 5.41) is 11.7. The molecule has 0 fully saturated rings. The predicted molar refractivity (Wildman–Crippen MR) is 79.9 cm³/mol. The lowest BCUT2D eigenvalue weighted by atomic mass is 10.0. The largest absolute Gasteiger partial charge is 0.492 e. The van der Waals surface area contributed by atoms with Crippen LogP contribution in [0.25, 0.3) is 0 Å². The van der Waals surface area contributed by atoms with E-state index in [4.69, 9.17) is 9.84 Å². The molecule has 0 radical (unpaired) electrons. The van der Waals surface area contributed by atoms with Crippen LogP contribution in [-0.2, 0) is 11.3 Å². The molecule has 1 heterocycles. The molecule has 5 heteroatoms. The van der Waals surface area contributed by atoms with E-state index in [9.17, 15) is 9.59 Å². The minimum absolute atomic E-state index is 0.0905. The number of para-hydroxylation sites is 1. The quantitative estimate of drug-likeness (QED) is 0.907. The van der Waals surface area contributed by atoms with Crippen LogP contribution >= 0.6 is 0 Å². The fourth-order valence-corrected chi connectivity index (χ4v) is 2.46. The second-order valence-electron chi connectivity index (χ2n) is 5.12. The Morgan fingerprint density at radius 1 is 1.14 bits per heavy atom. The van der Waals surface area contributed by atoms with E-state index in [0.717, 1.165) is 16.9 Å². The Hall–Kier alpha value is -2.82.